The summed E-state index contributed by atoms with van der Waals surface area (Å²) < 4.78 is 27.6. The van der Waals surface area contributed by atoms with E-state index >= 15 is 0 Å². The molecule has 0 radical (unpaired) electrons. The van der Waals surface area contributed by atoms with Crippen molar-refractivity contribution in [1.82, 2.24) is 4.72 Å². The van der Waals surface area contributed by atoms with Crippen LogP contribution in [0, 0.1) is 19.3 Å². The van der Waals surface area contributed by atoms with Crippen molar-refractivity contribution < 1.29 is 8.42 Å². The molecule has 0 aromatic heterocycles. The quantitative estimate of drug-likeness (QED) is 0.811. The molecule has 114 valence electrons. The predicted octanol–water partition coefficient (Wildman–Crippen LogP) is 2.35. The second-order valence-corrected chi connectivity index (χ2v) is 7.24. The van der Waals surface area contributed by atoms with Crippen molar-refractivity contribution in [3.63, 3.8) is 0 Å². The van der Waals surface area contributed by atoms with Gasteiger partial charge in [0.15, 0.2) is 0 Å². The maximum Gasteiger partial charge on any atom is 0.240 e. The van der Waals surface area contributed by atoms with Gasteiger partial charge in [-0.3, -0.25) is 0 Å². The van der Waals surface area contributed by atoms with Crippen LogP contribution in [0.25, 0.3) is 0 Å². The fourth-order valence-electron chi connectivity index (χ4n) is 2.18. The lowest BCUT2D eigenvalue weighted by Crippen LogP contribution is -2.41. The molecule has 0 fully saturated rings. The van der Waals surface area contributed by atoms with Gasteiger partial charge in [-0.05, 0) is 55.8 Å². The van der Waals surface area contributed by atoms with Crippen molar-refractivity contribution >= 4 is 10.0 Å². The van der Waals surface area contributed by atoms with E-state index in [0.29, 0.717) is 18.0 Å². The molecule has 0 saturated carbocycles. The fraction of sp³-hybridized carbons (Fsp3) is 0.600. The molecule has 0 amide bonds. The lowest BCUT2D eigenvalue weighted by Gasteiger charge is -2.30. The minimum atomic E-state index is -3.48. The summed E-state index contributed by atoms with van der Waals surface area (Å²) in [5.74, 6) is 0. The summed E-state index contributed by atoms with van der Waals surface area (Å²) in [6.07, 6.45) is 1.71. The second kappa shape index (κ2) is 6.70. The Balaban J connectivity index is 2.98. The van der Waals surface area contributed by atoms with E-state index in [1.54, 1.807) is 6.07 Å². The maximum absolute atomic E-state index is 12.4. The molecule has 0 bridgehead atoms. The van der Waals surface area contributed by atoms with Crippen molar-refractivity contribution in [3.05, 3.63) is 29.3 Å². The van der Waals surface area contributed by atoms with Gasteiger partial charge in [0.05, 0.1) is 4.90 Å². The van der Waals surface area contributed by atoms with E-state index in [4.69, 9.17) is 5.73 Å². The van der Waals surface area contributed by atoms with Gasteiger partial charge in [-0.25, -0.2) is 13.1 Å². The minimum Gasteiger partial charge on any atom is -0.330 e. The Morgan fingerprint density at radius 3 is 2.30 bits per heavy atom. The molecule has 1 rings (SSSR count). The lowest BCUT2D eigenvalue weighted by molar-refractivity contribution is 0.275. The average Bonchev–Trinajstić information content (AvgIpc) is 2.43. The fourth-order valence-corrected chi connectivity index (χ4v) is 3.67. The number of rotatable bonds is 7. The zero-order chi connectivity index (χ0) is 15.4. The standard InChI is InChI=1S/C15H26N2O2S/c1-5-15(6-2,10-16)11-17-20(18,19)14-9-12(3)7-8-13(14)4/h7-9,17H,5-6,10-11,16H2,1-4H3. The number of nitrogens with one attached hydrogen (secondary N) is 1. The number of sulfonamides is 1. The highest BCUT2D eigenvalue weighted by atomic mass is 32.2. The SMILES string of the molecule is CCC(CC)(CN)CNS(=O)(=O)c1cc(C)ccc1C. The summed E-state index contributed by atoms with van der Waals surface area (Å²) in [6, 6.07) is 5.45. The second-order valence-electron chi connectivity index (χ2n) is 5.50. The van der Waals surface area contributed by atoms with Crippen molar-refractivity contribution in [2.45, 2.75) is 45.4 Å². The molecule has 0 unspecified atom stereocenters. The number of hydrogen-bond donors (Lipinski definition) is 2. The Kier molecular flexibility index (Phi) is 5.74. The Hall–Kier alpha value is -0.910. The van der Waals surface area contributed by atoms with Crippen LogP contribution in [-0.4, -0.2) is 21.5 Å². The Bertz CT molecular complexity index is 541. The molecule has 5 heteroatoms. The summed E-state index contributed by atoms with van der Waals surface area (Å²) in [5, 5.41) is 0. The third kappa shape index (κ3) is 3.81. The lowest BCUT2D eigenvalue weighted by atomic mass is 9.83. The van der Waals surface area contributed by atoms with Gasteiger partial charge in [0.1, 0.15) is 0 Å². The molecule has 0 aliphatic rings. The molecule has 0 saturated heterocycles. The molecule has 20 heavy (non-hydrogen) atoms. The van der Waals surface area contributed by atoms with E-state index in [2.05, 4.69) is 4.72 Å². The van der Waals surface area contributed by atoms with Crippen molar-refractivity contribution in [2.24, 2.45) is 11.1 Å². The van der Waals surface area contributed by atoms with Gasteiger partial charge < -0.3 is 5.73 Å². The monoisotopic (exact) mass is 298 g/mol. The smallest absolute Gasteiger partial charge is 0.240 e. The Morgan fingerprint density at radius 1 is 1.20 bits per heavy atom. The first-order valence-corrected chi connectivity index (χ1v) is 8.55. The maximum atomic E-state index is 12.4. The molecular formula is C15H26N2O2S. The third-order valence-electron chi connectivity index (χ3n) is 4.20. The summed E-state index contributed by atoms with van der Waals surface area (Å²) >= 11 is 0. The number of hydrogen-bond acceptors (Lipinski definition) is 3. The third-order valence-corrected chi connectivity index (χ3v) is 5.75. The summed E-state index contributed by atoms with van der Waals surface area (Å²) in [4.78, 5) is 0.357. The summed E-state index contributed by atoms with van der Waals surface area (Å²) in [7, 11) is -3.48. The molecule has 1 aromatic carbocycles. The topological polar surface area (TPSA) is 72.2 Å². The number of benzene rings is 1. The zero-order valence-corrected chi connectivity index (χ0v) is 13.7. The van der Waals surface area contributed by atoms with Crippen LogP contribution in [0.2, 0.25) is 0 Å². The van der Waals surface area contributed by atoms with Gasteiger partial charge in [0, 0.05) is 6.54 Å². The van der Waals surface area contributed by atoms with Crippen molar-refractivity contribution in [2.75, 3.05) is 13.1 Å². The van der Waals surface area contributed by atoms with E-state index in [0.717, 1.165) is 24.0 Å². The Labute approximate surface area is 122 Å². The van der Waals surface area contributed by atoms with Crippen molar-refractivity contribution in [1.29, 1.82) is 0 Å². The van der Waals surface area contributed by atoms with Crippen LogP contribution in [0.5, 0.6) is 0 Å². The first kappa shape index (κ1) is 17.1. The van der Waals surface area contributed by atoms with Crippen LogP contribution >= 0.6 is 0 Å². The first-order chi connectivity index (χ1) is 9.30. The van der Waals surface area contributed by atoms with Gasteiger partial charge in [0.2, 0.25) is 10.0 Å². The molecule has 3 N–H and O–H groups in total. The van der Waals surface area contributed by atoms with E-state index in [9.17, 15) is 8.42 Å². The van der Waals surface area contributed by atoms with Gasteiger partial charge in [-0.1, -0.05) is 26.0 Å². The molecule has 0 aliphatic heterocycles. The molecule has 4 nitrogen and oxygen atoms in total. The van der Waals surface area contributed by atoms with Gasteiger partial charge in [0.25, 0.3) is 0 Å². The van der Waals surface area contributed by atoms with Gasteiger partial charge in [-0.15, -0.1) is 0 Å². The van der Waals surface area contributed by atoms with Gasteiger partial charge >= 0.3 is 0 Å². The van der Waals surface area contributed by atoms with E-state index < -0.39 is 10.0 Å². The zero-order valence-electron chi connectivity index (χ0n) is 12.9. The highest BCUT2D eigenvalue weighted by Gasteiger charge is 2.27. The van der Waals surface area contributed by atoms with Gasteiger partial charge in [-0.2, -0.15) is 0 Å². The van der Waals surface area contributed by atoms with Crippen LogP contribution in [0.1, 0.15) is 37.8 Å². The van der Waals surface area contributed by atoms with Crippen LogP contribution < -0.4 is 10.5 Å². The van der Waals surface area contributed by atoms with Crippen LogP contribution in [-0.2, 0) is 10.0 Å². The van der Waals surface area contributed by atoms with E-state index in [-0.39, 0.29) is 5.41 Å². The highest BCUT2D eigenvalue weighted by molar-refractivity contribution is 7.89. The molecule has 0 spiro atoms. The van der Waals surface area contributed by atoms with Crippen molar-refractivity contribution in [3.8, 4) is 0 Å². The molecule has 1 aromatic rings. The number of nitrogens with two attached hydrogens (primary N) is 1. The minimum absolute atomic E-state index is 0.162. The molecule has 0 atom stereocenters. The Morgan fingerprint density at radius 2 is 1.80 bits per heavy atom. The van der Waals surface area contributed by atoms with Crippen LogP contribution in [0.4, 0.5) is 0 Å². The van der Waals surface area contributed by atoms with E-state index in [1.165, 1.54) is 0 Å². The average molecular weight is 298 g/mol. The summed E-state index contributed by atoms with van der Waals surface area (Å²) in [5.41, 5.74) is 7.35. The molecule has 0 heterocycles. The summed E-state index contributed by atoms with van der Waals surface area (Å²) in [6.45, 7) is 8.65. The number of aryl methyl sites for hydroxylation is 2. The first-order valence-electron chi connectivity index (χ1n) is 7.07. The highest BCUT2D eigenvalue weighted by Crippen LogP contribution is 2.25. The normalized spacial score (nSPS) is 12.7. The predicted molar refractivity (Wildman–Crippen MR) is 83.2 cm³/mol. The van der Waals surface area contributed by atoms with Crippen LogP contribution in [0.15, 0.2) is 23.1 Å². The van der Waals surface area contributed by atoms with E-state index in [1.807, 2.05) is 39.8 Å². The largest absolute Gasteiger partial charge is 0.330 e. The molecular weight excluding hydrogens is 272 g/mol. The molecule has 0 aliphatic carbocycles. The van der Waals surface area contributed by atoms with Crippen LogP contribution in [0.3, 0.4) is 0 Å².